The van der Waals surface area contributed by atoms with Gasteiger partial charge in [-0.15, -0.1) is 0 Å². The predicted octanol–water partition coefficient (Wildman–Crippen LogP) is 4.63. The molecule has 0 fully saturated rings. The molecule has 0 aliphatic heterocycles. The summed E-state index contributed by atoms with van der Waals surface area (Å²) in [6.45, 7) is 5.44. The van der Waals surface area contributed by atoms with Crippen LogP contribution in [0, 0.1) is 13.8 Å². The van der Waals surface area contributed by atoms with Crippen LogP contribution < -0.4 is 10.9 Å². The molecule has 0 saturated carbocycles. The molecule has 0 bridgehead atoms. The lowest BCUT2D eigenvalue weighted by Crippen LogP contribution is -2.23. The first-order valence-electron chi connectivity index (χ1n) is 6.28. The van der Waals surface area contributed by atoms with Gasteiger partial charge in [0, 0.05) is 4.47 Å². The van der Waals surface area contributed by atoms with E-state index in [1.165, 1.54) is 0 Å². The van der Waals surface area contributed by atoms with Gasteiger partial charge in [-0.1, -0.05) is 23.2 Å². The van der Waals surface area contributed by atoms with E-state index in [-0.39, 0.29) is 11.6 Å². The Kier molecular flexibility index (Phi) is 4.96. The fourth-order valence-electron chi connectivity index (χ4n) is 2.19. The van der Waals surface area contributed by atoms with E-state index in [2.05, 4.69) is 31.2 Å². The topological polar surface area (TPSA) is 57.8 Å². The van der Waals surface area contributed by atoms with Crippen LogP contribution in [0.15, 0.2) is 21.4 Å². The van der Waals surface area contributed by atoms with Gasteiger partial charge < -0.3 is 10.3 Å². The molecular formula is C14H14BrCl2N3O. The Balaban J connectivity index is 2.37. The van der Waals surface area contributed by atoms with Gasteiger partial charge in [0.15, 0.2) is 0 Å². The van der Waals surface area contributed by atoms with Gasteiger partial charge in [0.2, 0.25) is 0 Å². The van der Waals surface area contributed by atoms with Gasteiger partial charge in [0.25, 0.3) is 5.56 Å². The Hall–Kier alpha value is -1.04. The Morgan fingerprint density at radius 1 is 1.29 bits per heavy atom. The summed E-state index contributed by atoms with van der Waals surface area (Å²) >= 11 is 15.6. The zero-order valence-electron chi connectivity index (χ0n) is 11.7. The van der Waals surface area contributed by atoms with E-state index in [0.29, 0.717) is 32.8 Å². The van der Waals surface area contributed by atoms with Crippen LogP contribution in [-0.4, -0.2) is 9.97 Å². The largest absolute Gasteiger partial charge is 0.377 e. The molecule has 2 aromatic rings. The molecular weight excluding hydrogens is 377 g/mol. The molecule has 0 radical (unpaired) electrons. The normalized spacial score (nSPS) is 12.3. The van der Waals surface area contributed by atoms with E-state index in [9.17, 15) is 4.79 Å². The van der Waals surface area contributed by atoms with E-state index in [0.717, 1.165) is 4.47 Å². The van der Waals surface area contributed by atoms with Crippen LogP contribution in [0.3, 0.4) is 0 Å². The Morgan fingerprint density at radius 2 is 1.95 bits per heavy atom. The Labute approximate surface area is 141 Å². The maximum Gasteiger partial charge on any atom is 0.256 e. The van der Waals surface area contributed by atoms with E-state index in [1.54, 1.807) is 19.1 Å². The molecule has 112 valence electrons. The number of hydrogen-bond acceptors (Lipinski definition) is 3. The summed E-state index contributed by atoms with van der Waals surface area (Å²) in [4.78, 5) is 19.1. The van der Waals surface area contributed by atoms with E-state index >= 15 is 0 Å². The van der Waals surface area contributed by atoms with Crippen LogP contribution in [0.1, 0.15) is 30.0 Å². The van der Waals surface area contributed by atoms with Crippen molar-refractivity contribution in [1.29, 1.82) is 0 Å². The van der Waals surface area contributed by atoms with E-state index in [4.69, 9.17) is 23.2 Å². The van der Waals surface area contributed by atoms with E-state index in [1.807, 2.05) is 13.8 Å². The molecule has 4 nitrogen and oxygen atoms in total. The molecule has 1 aromatic carbocycles. The van der Waals surface area contributed by atoms with Gasteiger partial charge in [-0.25, -0.2) is 4.98 Å². The summed E-state index contributed by atoms with van der Waals surface area (Å²) in [7, 11) is 0. The minimum Gasteiger partial charge on any atom is -0.377 e. The summed E-state index contributed by atoms with van der Waals surface area (Å²) in [6, 6.07) is 3.35. The van der Waals surface area contributed by atoms with Crippen molar-refractivity contribution in [2.75, 3.05) is 5.32 Å². The van der Waals surface area contributed by atoms with Gasteiger partial charge in [0.05, 0.1) is 33.0 Å². The Bertz CT molecular complexity index is 746. The number of rotatable bonds is 3. The number of aromatic nitrogens is 2. The summed E-state index contributed by atoms with van der Waals surface area (Å²) in [6.07, 6.45) is 0. The number of aromatic amines is 1. The summed E-state index contributed by atoms with van der Waals surface area (Å²) in [5.41, 5.74) is 1.78. The zero-order valence-corrected chi connectivity index (χ0v) is 14.8. The standard InChI is InChI=1S/C14H14BrCl2N3O/c1-6-11(14(21)20-8(3)18-6)7(2)19-10-5-4-9(15)12(16)13(10)17/h4-5,7,19H,1-3H3,(H,18,20,21). The van der Waals surface area contributed by atoms with Gasteiger partial charge in [0.1, 0.15) is 5.82 Å². The number of hydrogen-bond donors (Lipinski definition) is 2. The summed E-state index contributed by atoms with van der Waals surface area (Å²) in [5, 5.41) is 4.04. The van der Waals surface area contributed by atoms with Crippen molar-refractivity contribution >= 4 is 44.8 Å². The first kappa shape index (κ1) is 16.3. The van der Waals surface area contributed by atoms with Gasteiger partial charge in [-0.05, 0) is 48.8 Å². The lowest BCUT2D eigenvalue weighted by Gasteiger charge is -2.18. The van der Waals surface area contributed by atoms with Crippen molar-refractivity contribution in [3.63, 3.8) is 0 Å². The SMILES string of the molecule is Cc1nc(C)c(C(C)Nc2ccc(Br)c(Cl)c2Cl)c(=O)[nH]1. The highest BCUT2D eigenvalue weighted by Gasteiger charge is 2.17. The number of benzene rings is 1. The monoisotopic (exact) mass is 389 g/mol. The number of aryl methyl sites for hydroxylation is 2. The van der Waals surface area contributed by atoms with Crippen molar-refractivity contribution in [2.24, 2.45) is 0 Å². The average Bonchev–Trinajstić information content (AvgIpc) is 2.38. The van der Waals surface area contributed by atoms with Crippen LogP contribution in [0.5, 0.6) is 0 Å². The molecule has 0 aliphatic rings. The van der Waals surface area contributed by atoms with E-state index < -0.39 is 0 Å². The second kappa shape index (κ2) is 6.38. The quantitative estimate of drug-likeness (QED) is 0.751. The van der Waals surface area contributed by atoms with Crippen LogP contribution >= 0.6 is 39.1 Å². The zero-order chi connectivity index (χ0) is 15.7. The number of nitrogens with one attached hydrogen (secondary N) is 2. The van der Waals surface area contributed by atoms with Crippen LogP contribution in [-0.2, 0) is 0 Å². The summed E-state index contributed by atoms with van der Waals surface area (Å²) in [5.74, 6) is 0.596. The van der Waals surface area contributed by atoms with Crippen molar-refractivity contribution in [2.45, 2.75) is 26.8 Å². The minimum absolute atomic E-state index is 0.153. The molecule has 1 unspecified atom stereocenters. The van der Waals surface area contributed by atoms with Gasteiger partial charge >= 0.3 is 0 Å². The Morgan fingerprint density at radius 3 is 2.57 bits per heavy atom. The van der Waals surface area contributed by atoms with Gasteiger partial charge in [-0.3, -0.25) is 4.79 Å². The summed E-state index contributed by atoms with van der Waals surface area (Å²) < 4.78 is 0.721. The van der Waals surface area contributed by atoms with Crippen molar-refractivity contribution in [3.8, 4) is 0 Å². The van der Waals surface area contributed by atoms with Crippen LogP contribution in [0.25, 0.3) is 0 Å². The molecule has 0 amide bonds. The van der Waals surface area contributed by atoms with Gasteiger partial charge in [-0.2, -0.15) is 0 Å². The maximum atomic E-state index is 12.1. The highest BCUT2D eigenvalue weighted by atomic mass is 79.9. The smallest absolute Gasteiger partial charge is 0.256 e. The highest BCUT2D eigenvalue weighted by Crippen LogP contribution is 2.37. The molecule has 1 atom stereocenters. The third-order valence-electron chi connectivity index (χ3n) is 3.10. The van der Waals surface area contributed by atoms with Crippen molar-refractivity contribution < 1.29 is 0 Å². The lowest BCUT2D eigenvalue weighted by molar-refractivity contribution is 0.814. The maximum absolute atomic E-state index is 12.1. The third kappa shape index (κ3) is 3.42. The predicted molar refractivity (Wildman–Crippen MR) is 90.5 cm³/mol. The third-order valence-corrected chi connectivity index (χ3v) is 4.88. The highest BCUT2D eigenvalue weighted by molar-refractivity contribution is 9.10. The van der Waals surface area contributed by atoms with Crippen molar-refractivity contribution in [1.82, 2.24) is 9.97 Å². The molecule has 2 rings (SSSR count). The van der Waals surface area contributed by atoms with Crippen molar-refractivity contribution in [3.05, 3.63) is 54.1 Å². The molecule has 0 saturated heterocycles. The average molecular weight is 391 g/mol. The number of halogens is 3. The molecule has 1 aromatic heterocycles. The fourth-order valence-corrected chi connectivity index (χ4v) is 3.02. The second-order valence-corrected chi connectivity index (χ2v) is 6.35. The lowest BCUT2D eigenvalue weighted by atomic mass is 10.1. The molecule has 0 spiro atoms. The fraction of sp³-hybridized carbons (Fsp3) is 0.286. The molecule has 2 N–H and O–H groups in total. The minimum atomic E-state index is -0.253. The first-order valence-corrected chi connectivity index (χ1v) is 7.83. The van der Waals surface area contributed by atoms with Crippen LogP contribution in [0.4, 0.5) is 5.69 Å². The molecule has 21 heavy (non-hydrogen) atoms. The molecule has 1 heterocycles. The van der Waals surface area contributed by atoms with Crippen LogP contribution in [0.2, 0.25) is 10.0 Å². The molecule has 0 aliphatic carbocycles. The first-order chi connectivity index (χ1) is 9.81. The number of nitrogens with zero attached hydrogens (tertiary/aromatic N) is 1. The molecule has 7 heteroatoms. The second-order valence-electron chi connectivity index (χ2n) is 4.74. The number of anilines is 1. The number of H-pyrrole nitrogens is 1.